The largest absolute Gasteiger partial charge is 0.490 e. The fourth-order valence-corrected chi connectivity index (χ4v) is 7.17. The molecule has 0 N–H and O–H groups in total. The Morgan fingerprint density at radius 2 is 1.33 bits per heavy atom. The van der Waals surface area contributed by atoms with Gasteiger partial charge in [0, 0.05) is 47.8 Å². The average Bonchev–Trinajstić information content (AvgIpc) is 2.97. The minimum atomic E-state index is -0.473. The van der Waals surface area contributed by atoms with E-state index in [-0.39, 0.29) is 34.8 Å². The molecule has 0 atom stereocenters. The fourth-order valence-electron chi connectivity index (χ4n) is 7.17. The topological polar surface area (TPSA) is 55.8 Å². The van der Waals surface area contributed by atoms with Gasteiger partial charge in [-0.15, -0.1) is 0 Å². The van der Waals surface area contributed by atoms with Crippen molar-refractivity contribution in [3.05, 3.63) is 118 Å². The maximum absolute atomic E-state index is 14.2. The molecule has 0 fully saturated rings. The van der Waals surface area contributed by atoms with Gasteiger partial charge in [-0.25, -0.2) is 4.39 Å². The Morgan fingerprint density at radius 3 is 1.91 bits per heavy atom. The molecule has 3 aromatic rings. The van der Waals surface area contributed by atoms with Gasteiger partial charge in [0.1, 0.15) is 12.4 Å². The van der Waals surface area contributed by atoms with Crippen LogP contribution in [0.2, 0.25) is 0 Å². The van der Waals surface area contributed by atoms with E-state index in [4.69, 9.17) is 9.47 Å². The minimum absolute atomic E-state index is 0.100. The second kappa shape index (κ2) is 12.0. The molecule has 1 heterocycles. The summed E-state index contributed by atoms with van der Waals surface area (Å²) in [5.41, 5.74) is 5.97. The monoisotopic (exact) mass is 607 g/mol. The smallest absolute Gasteiger partial charge is 0.162 e. The van der Waals surface area contributed by atoms with E-state index in [1.54, 1.807) is 12.1 Å². The Morgan fingerprint density at radius 1 is 0.733 bits per heavy atom. The number of rotatable bonds is 8. The molecule has 6 rings (SSSR count). The van der Waals surface area contributed by atoms with E-state index in [0.717, 1.165) is 52.1 Å². The van der Waals surface area contributed by atoms with E-state index < -0.39 is 5.92 Å². The van der Waals surface area contributed by atoms with Crippen molar-refractivity contribution in [3.8, 4) is 11.5 Å². The molecule has 234 valence electrons. The van der Waals surface area contributed by atoms with Crippen molar-refractivity contribution in [2.45, 2.75) is 79.4 Å². The molecular weight excluding hydrogens is 565 g/mol. The SMILES string of the molecule is CCOc1cc(C2C3=C(CC(C)(C)CC3=O)N(Cc3ccccc3)C3=C2C(=O)CC(C)(C)C3)ccc1OCc1ccc(F)cc1. The zero-order valence-electron chi connectivity index (χ0n) is 26.9. The highest BCUT2D eigenvalue weighted by Gasteiger charge is 2.49. The Bertz CT molecular complexity index is 1630. The molecule has 0 bridgehead atoms. The van der Waals surface area contributed by atoms with Crippen LogP contribution in [0.5, 0.6) is 11.5 Å². The number of ketones is 2. The van der Waals surface area contributed by atoms with Gasteiger partial charge in [0.05, 0.1) is 6.61 Å². The second-order valence-corrected chi connectivity index (χ2v) is 14.2. The number of carbonyl (C=O) groups excluding carboxylic acids is 2. The van der Waals surface area contributed by atoms with Crippen LogP contribution in [0.4, 0.5) is 4.39 Å². The summed E-state index contributed by atoms with van der Waals surface area (Å²) < 4.78 is 25.6. The Balaban J connectivity index is 1.48. The molecule has 0 saturated heterocycles. The number of hydrogen-bond acceptors (Lipinski definition) is 5. The van der Waals surface area contributed by atoms with Crippen molar-refractivity contribution in [2.75, 3.05) is 6.61 Å². The van der Waals surface area contributed by atoms with Crippen molar-refractivity contribution in [2.24, 2.45) is 10.8 Å². The summed E-state index contributed by atoms with van der Waals surface area (Å²) in [7, 11) is 0. The molecule has 0 aromatic heterocycles. The third-order valence-corrected chi connectivity index (χ3v) is 9.11. The molecular formula is C39H42FNO4. The van der Waals surface area contributed by atoms with Crippen LogP contribution in [0.1, 0.15) is 82.9 Å². The van der Waals surface area contributed by atoms with Gasteiger partial charge < -0.3 is 14.4 Å². The van der Waals surface area contributed by atoms with E-state index in [1.807, 2.05) is 43.3 Å². The number of allylic oxidation sites excluding steroid dienone is 4. The van der Waals surface area contributed by atoms with E-state index >= 15 is 0 Å². The molecule has 0 unspecified atom stereocenters. The number of Topliss-reactive ketones (excluding diaryl/α,β-unsaturated/α-hetero) is 2. The molecule has 6 heteroatoms. The Kier molecular flexibility index (Phi) is 8.19. The summed E-state index contributed by atoms with van der Waals surface area (Å²) >= 11 is 0. The van der Waals surface area contributed by atoms with Gasteiger partial charge >= 0.3 is 0 Å². The van der Waals surface area contributed by atoms with Crippen LogP contribution < -0.4 is 9.47 Å². The number of hydrogen-bond donors (Lipinski definition) is 0. The molecule has 2 aliphatic carbocycles. The first-order valence-corrected chi connectivity index (χ1v) is 15.9. The molecule has 3 aromatic carbocycles. The highest BCUT2D eigenvalue weighted by Crippen LogP contribution is 2.55. The molecule has 1 aliphatic heterocycles. The van der Waals surface area contributed by atoms with Crippen LogP contribution in [0, 0.1) is 16.6 Å². The number of carbonyl (C=O) groups is 2. The summed E-state index contributed by atoms with van der Waals surface area (Å²) in [6, 6.07) is 22.3. The summed E-state index contributed by atoms with van der Waals surface area (Å²) in [6.45, 7) is 11.8. The minimum Gasteiger partial charge on any atom is -0.490 e. The molecule has 0 saturated carbocycles. The van der Waals surface area contributed by atoms with Crippen LogP contribution in [0.15, 0.2) is 95.3 Å². The molecule has 0 spiro atoms. The molecule has 3 aliphatic rings. The lowest BCUT2D eigenvalue weighted by Crippen LogP contribution is -2.44. The van der Waals surface area contributed by atoms with Crippen LogP contribution >= 0.6 is 0 Å². The van der Waals surface area contributed by atoms with E-state index in [1.165, 1.54) is 12.1 Å². The quantitative estimate of drug-likeness (QED) is 0.256. The number of nitrogens with zero attached hydrogens (tertiary/aromatic N) is 1. The lowest BCUT2D eigenvalue weighted by Gasteiger charge is -2.49. The highest BCUT2D eigenvalue weighted by atomic mass is 19.1. The maximum atomic E-state index is 14.2. The first-order valence-electron chi connectivity index (χ1n) is 15.9. The van der Waals surface area contributed by atoms with Crippen LogP contribution in [-0.4, -0.2) is 23.1 Å². The van der Waals surface area contributed by atoms with Crippen LogP contribution in [0.3, 0.4) is 0 Å². The molecule has 0 amide bonds. The lowest BCUT2D eigenvalue weighted by atomic mass is 9.63. The first kappa shape index (κ1) is 30.8. The van der Waals surface area contributed by atoms with Gasteiger partial charge in [-0.05, 0) is 71.6 Å². The Hall–Kier alpha value is -4.19. The highest BCUT2D eigenvalue weighted by molar-refractivity contribution is 6.06. The Labute approximate surface area is 265 Å². The summed E-state index contributed by atoms with van der Waals surface area (Å²) in [6.07, 6.45) is 2.36. The normalized spacial score (nSPS) is 19.4. The molecule has 0 radical (unpaired) electrons. The van der Waals surface area contributed by atoms with Crippen molar-refractivity contribution < 1.29 is 23.5 Å². The van der Waals surface area contributed by atoms with Crippen molar-refractivity contribution >= 4 is 11.6 Å². The first-order chi connectivity index (χ1) is 21.4. The third-order valence-electron chi connectivity index (χ3n) is 9.11. The summed E-state index contributed by atoms with van der Waals surface area (Å²) in [5.74, 6) is 0.546. The maximum Gasteiger partial charge on any atom is 0.162 e. The number of ether oxygens (including phenoxy) is 2. The van der Waals surface area contributed by atoms with Crippen molar-refractivity contribution in [3.63, 3.8) is 0 Å². The van der Waals surface area contributed by atoms with Gasteiger partial charge in [0.25, 0.3) is 0 Å². The van der Waals surface area contributed by atoms with Gasteiger partial charge in [-0.1, -0.05) is 76.2 Å². The summed E-state index contributed by atoms with van der Waals surface area (Å²) in [4.78, 5) is 30.7. The van der Waals surface area contributed by atoms with E-state index in [2.05, 4.69) is 44.7 Å². The number of halogens is 1. The standard InChI is InChI=1S/C39H42FNO4/c1-6-44-34-18-27(14-17-33(34)45-24-26-12-15-28(40)16-13-26)35-36-29(19-38(2,3)21-31(36)42)41(23-25-10-8-7-9-11-25)30-20-39(4,5)22-32(43)37(30)35/h7-18,35H,6,19-24H2,1-5H3. The summed E-state index contributed by atoms with van der Waals surface area (Å²) in [5, 5.41) is 0. The number of benzene rings is 3. The zero-order chi connectivity index (χ0) is 31.9. The fraction of sp³-hybridized carbons (Fsp3) is 0.385. The van der Waals surface area contributed by atoms with E-state index in [9.17, 15) is 14.0 Å². The van der Waals surface area contributed by atoms with Gasteiger partial charge in [0.15, 0.2) is 23.1 Å². The molecule has 45 heavy (non-hydrogen) atoms. The van der Waals surface area contributed by atoms with Crippen molar-refractivity contribution in [1.82, 2.24) is 4.90 Å². The van der Waals surface area contributed by atoms with Gasteiger partial charge in [0.2, 0.25) is 0 Å². The van der Waals surface area contributed by atoms with Crippen LogP contribution in [-0.2, 0) is 22.7 Å². The predicted molar refractivity (Wildman–Crippen MR) is 173 cm³/mol. The van der Waals surface area contributed by atoms with E-state index in [0.29, 0.717) is 37.5 Å². The van der Waals surface area contributed by atoms with Crippen LogP contribution in [0.25, 0.3) is 0 Å². The second-order valence-electron chi connectivity index (χ2n) is 14.2. The van der Waals surface area contributed by atoms with Gasteiger partial charge in [-0.2, -0.15) is 0 Å². The zero-order valence-corrected chi connectivity index (χ0v) is 26.9. The average molecular weight is 608 g/mol. The predicted octanol–water partition coefficient (Wildman–Crippen LogP) is 8.69. The molecule has 5 nitrogen and oxygen atoms in total. The third kappa shape index (κ3) is 6.33. The lowest BCUT2D eigenvalue weighted by molar-refractivity contribution is -0.119. The van der Waals surface area contributed by atoms with Crippen molar-refractivity contribution in [1.29, 1.82) is 0 Å². The van der Waals surface area contributed by atoms with Gasteiger partial charge in [-0.3, -0.25) is 9.59 Å².